The largest absolute Gasteiger partial charge is 0.489 e. The molecule has 3 aromatic rings. The van der Waals surface area contributed by atoms with Crippen LogP contribution in [0.25, 0.3) is 0 Å². The Balaban J connectivity index is 1.37. The van der Waals surface area contributed by atoms with Crippen LogP contribution in [0, 0.1) is 6.92 Å². The van der Waals surface area contributed by atoms with Gasteiger partial charge in [0.15, 0.2) is 5.16 Å². The summed E-state index contributed by atoms with van der Waals surface area (Å²) in [5.41, 5.74) is 3.43. The number of benzene rings is 2. The van der Waals surface area contributed by atoms with Crippen molar-refractivity contribution < 1.29 is 14.3 Å². The van der Waals surface area contributed by atoms with Gasteiger partial charge in [-0.15, -0.1) is 0 Å². The molecule has 1 fully saturated rings. The summed E-state index contributed by atoms with van der Waals surface area (Å²) >= 11 is 1.56. The van der Waals surface area contributed by atoms with Crippen LogP contribution in [0.5, 0.6) is 5.75 Å². The third-order valence-corrected chi connectivity index (χ3v) is 5.77. The summed E-state index contributed by atoms with van der Waals surface area (Å²) in [6, 6.07) is 13.3. The third-order valence-electron chi connectivity index (χ3n) is 4.82. The van der Waals surface area contributed by atoms with Crippen molar-refractivity contribution in [1.29, 1.82) is 0 Å². The molecule has 0 radical (unpaired) electrons. The molecule has 0 aliphatic carbocycles. The summed E-state index contributed by atoms with van der Waals surface area (Å²) in [6.45, 7) is 3.28. The Morgan fingerprint density at radius 1 is 1.30 bits per heavy atom. The standard InChI is InChI=1S/C22H24N4O3S/c1-15-4-9-19(20(11-15)29-12-18-3-2-10-28-18)25-21(27)17-7-5-16(6-8-17)13-30-22-23-14-24-26-22/h4-9,11,14,18H,2-3,10,12-13H2,1H3,(H,25,27)(H,23,24,26). The Labute approximate surface area is 179 Å². The second-order valence-corrected chi connectivity index (χ2v) is 8.14. The average Bonchev–Trinajstić information content (AvgIpc) is 3.47. The van der Waals surface area contributed by atoms with E-state index in [-0.39, 0.29) is 12.0 Å². The van der Waals surface area contributed by atoms with E-state index in [4.69, 9.17) is 9.47 Å². The molecule has 1 aromatic heterocycles. The fraction of sp³-hybridized carbons (Fsp3) is 0.318. The van der Waals surface area contributed by atoms with Gasteiger partial charge >= 0.3 is 0 Å². The maximum atomic E-state index is 12.7. The topological polar surface area (TPSA) is 89.1 Å². The number of hydrogen-bond donors (Lipinski definition) is 2. The number of nitrogens with zero attached hydrogens (tertiary/aromatic N) is 2. The Morgan fingerprint density at radius 3 is 2.90 bits per heavy atom. The van der Waals surface area contributed by atoms with Crippen molar-refractivity contribution in [3.63, 3.8) is 0 Å². The molecule has 1 amide bonds. The first-order valence-corrected chi connectivity index (χ1v) is 10.9. The summed E-state index contributed by atoms with van der Waals surface area (Å²) in [7, 11) is 0. The zero-order chi connectivity index (χ0) is 20.8. The van der Waals surface area contributed by atoms with Gasteiger partial charge in [-0.05, 0) is 55.2 Å². The molecule has 1 aliphatic heterocycles. The lowest BCUT2D eigenvalue weighted by molar-refractivity contribution is 0.0681. The normalized spacial score (nSPS) is 15.8. The van der Waals surface area contributed by atoms with E-state index >= 15 is 0 Å². The molecule has 0 bridgehead atoms. The highest BCUT2D eigenvalue weighted by molar-refractivity contribution is 7.98. The van der Waals surface area contributed by atoms with Crippen LogP contribution in [0.4, 0.5) is 5.69 Å². The van der Waals surface area contributed by atoms with Gasteiger partial charge in [0.25, 0.3) is 5.91 Å². The number of amides is 1. The molecule has 8 heteroatoms. The van der Waals surface area contributed by atoms with Gasteiger partial charge in [-0.25, -0.2) is 4.98 Å². The van der Waals surface area contributed by atoms with Crippen molar-refractivity contribution in [2.75, 3.05) is 18.5 Å². The summed E-state index contributed by atoms with van der Waals surface area (Å²) in [4.78, 5) is 16.8. The maximum Gasteiger partial charge on any atom is 0.255 e. The van der Waals surface area contributed by atoms with Crippen LogP contribution in [-0.2, 0) is 10.5 Å². The summed E-state index contributed by atoms with van der Waals surface area (Å²) in [5.74, 6) is 1.24. The van der Waals surface area contributed by atoms with Gasteiger partial charge in [-0.3, -0.25) is 9.89 Å². The van der Waals surface area contributed by atoms with Gasteiger partial charge in [-0.2, -0.15) is 5.10 Å². The van der Waals surface area contributed by atoms with Crippen molar-refractivity contribution in [2.24, 2.45) is 0 Å². The van der Waals surface area contributed by atoms with Crippen LogP contribution in [0.1, 0.15) is 34.3 Å². The number of aromatic amines is 1. The van der Waals surface area contributed by atoms with Crippen molar-refractivity contribution in [3.8, 4) is 5.75 Å². The molecule has 1 saturated heterocycles. The Morgan fingerprint density at radius 2 is 2.17 bits per heavy atom. The number of hydrogen-bond acceptors (Lipinski definition) is 6. The van der Waals surface area contributed by atoms with Gasteiger partial charge in [0.2, 0.25) is 0 Å². The number of H-pyrrole nitrogens is 1. The molecule has 1 atom stereocenters. The number of carbonyl (C=O) groups excluding carboxylic acids is 1. The fourth-order valence-corrected chi connectivity index (χ4v) is 3.91. The molecule has 1 aliphatic rings. The lowest BCUT2D eigenvalue weighted by atomic mass is 10.1. The number of thioether (sulfide) groups is 1. The van der Waals surface area contributed by atoms with Crippen LogP contribution in [0.15, 0.2) is 53.9 Å². The molecule has 7 nitrogen and oxygen atoms in total. The number of aromatic nitrogens is 3. The summed E-state index contributed by atoms with van der Waals surface area (Å²) in [6.07, 6.45) is 3.68. The number of carbonyl (C=O) groups is 1. The molecule has 156 valence electrons. The first-order chi connectivity index (χ1) is 14.7. The van der Waals surface area contributed by atoms with Gasteiger partial charge in [0.1, 0.15) is 18.7 Å². The van der Waals surface area contributed by atoms with E-state index in [1.807, 2.05) is 49.4 Å². The first kappa shape index (κ1) is 20.4. The van der Waals surface area contributed by atoms with E-state index in [9.17, 15) is 4.79 Å². The van der Waals surface area contributed by atoms with E-state index in [0.717, 1.165) is 41.5 Å². The number of rotatable bonds is 8. The van der Waals surface area contributed by atoms with Crippen LogP contribution in [0.2, 0.25) is 0 Å². The van der Waals surface area contributed by atoms with E-state index in [1.165, 1.54) is 6.33 Å². The molecule has 30 heavy (non-hydrogen) atoms. The number of nitrogens with one attached hydrogen (secondary N) is 2. The van der Waals surface area contributed by atoms with Crippen molar-refractivity contribution in [3.05, 3.63) is 65.5 Å². The second-order valence-electron chi connectivity index (χ2n) is 7.18. The third kappa shape index (κ3) is 5.40. The zero-order valence-corrected chi connectivity index (χ0v) is 17.6. The van der Waals surface area contributed by atoms with E-state index in [1.54, 1.807) is 11.8 Å². The van der Waals surface area contributed by atoms with Crippen LogP contribution >= 0.6 is 11.8 Å². The summed E-state index contributed by atoms with van der Waals surface area (Å²) in [5, 5.41) is 10.4. The lowest BCUT2D eigenvalue weighted by Gasteiger charge is -2.16. The minimum atomic E-state index is -0.171. The van der Waals surface area contributed by atoms with Gasteiger partial charge in [0.05, 0.1) is 11.8 Å². The van der Waals surface area contributed by atoms with Crippen molar-refractivity contribution in [1.82, 2.24) is 15.2 Å². The molecule has 0 saturated carbocycles. The van der Waals surface area contributed by atoms with Crippen LogP contribution in [0.3, 0.4) is 0 Å². The second kappa shape index (κ2) is 9.77. The number of anilines is 1. The predicted molar refractivity (Wildman–Crippen MR) is 116 cm³/mol. The Bertz CT molecular complexity index is 971. The van der Waals surface area contributed by atoms with Crippen molar-refractivity contribution in [2.45, 2.75) is 36.8 Å². The quantitative estimate of drug-likeness (QED) is 0.527. The number of ether oxygens (including phenoxy) is 2. The predicted octanol–water partition coefficient (Wildman–Crippen LogP) is 4.22. The van der Waals surface area contributed by atoms with E-state index in [0.29, 0.717) is 23.6 Å². The van der Waals surface area contributed by atoms with Gasteiger partial charge in [0, 0.05) is 17.9 Å². The Kier molecular flexibility index (Phi) is 6.66. The molecule has 4 rings (SSSR count). The minimum absolute atomic E-state index is 0.122. The monoisotopic (exact) mass is 424 g/mol. The summed E-state index contributed by atoms with van der Waals surface area (Å²) < 4.78 is 11.6. The molecule has 2 aromatic carbocycles. The van der Waals surface area contributed by atoms with Gasteiger partial charge < -0.3 is 14.8 Å². The highest BCUT2D eigenvalue weighted by atomic mass is 32.2. The maximum absolute atomic E-state index is 12.7. The molecular weight excluding hydrogens is 400 g/mol. The Hall–Kier alpha value is -2.84. The minimum Gasteiger partial charge on any atom is -0.489 e. The fourth-order valence-electron chi connectivity index (χ4n) is 3.17. The van der Waals surface area contributed by atoms with E-state index in [2.05, 4.69) is 20.5 Å². The van der Waals surface area contributed by atoms with Gasteiger partial charge in [-0.1, -0.05) is 30.0 Å². The molecule has 2 N–H and O–H groups in total. The average molecular weight is 425 g/mol. The number of aryl methyl sites for hydroxylation is 1. The smallest absolute Gasteiger partial charge is 0.255 e. The molecule has 2 heterocycles. The van der Waals surface area contributed by atoms with Crippen LogP contribution in [-0.4, -0.2) is 40.4 Å². The van der Waals surface area contributed by atoms with E-state index < -0.39 is 0 Å². The lowest BCUT2D eigenvalue weighted by Crippen LogP contribution is -2.18. The molecular formula is C22H24N4O3S. The molecule has 1 unspecified atom stereocenters. The SMILES string of the molecule is Cc1ccc(NC(=O)c2ccc(CSc3ncn[nH]3)cc2)c(OCC2CCCO2)c1. The van der Waals surface area contributed by atoms with Crippen LogP contribution < -0.4 is 10.1 Å². The zero-order valence-electron chi connectivity index (χ0n) is 16.8. The first-order valence-electron chi connectivity index (χ1n) is 9.91. The molecule has 0 spiro atoms. The highest BCUT2D eigenvalue weighted by Gasteiger charge is 2.17. The van der Waals surface area contributed by atoms with Crippen molar-refractivity contribution >= 4 is 23.4 Å². The highest BCUT2D eigenvalue weighted by Crippen LogP contribution is 2.27.